The lowest BCUT2D eigenvalue weighted by atomic mass is 10.2. The molecule has 0 fully saturated rings. The number of hydrogen-bond acceptors (Lipinski definition) is 2. The molecule has 0 atom stereocenters. The molecule has 0 N–H and O–H groups in total. The molecule has 1 rings (SSSR count). The summed E-state index contributed by atoms with van der Waals surface area (Å²) in [6, 6.07) is 1.96. The molecule has 0 spiro atoms. The van der Waals surface area contributed by atoms with Crippen LogP contribution in [0.5, 0.6) is 0 Å². The molecule has 2 nitrogen and oxygen atoms in total. The van der Waals surface area contributed by atoms with Crippen molar-refractivity contribution in [3.05, 3.63) is 24.0 Å². The quantitative estimate of drug-likeness (QED) is 0.631. The Morgan fingerprint density at radius 3 is 2.73 bits per heavy atom. The highest BCUT2D eigenvalue weighted by atomic mass is 35.5. The van der Waals surface area contributed by atoms with E-state index in [0.29, 0.717) is 5.88 Å². The Labute approximate surface area is 71.8 Å². The molecule has 0 unspecified atom stereocenters. The van der Waals surface area contributed by atoms with E-state index < -0.39 is 0 Å². The molecule has 1 aromatic rings. The summed E-state index contributed by atoms with van der Waals surface area (Å²) in [4.78, 5) is 6.01. The van der Waals surface area contributed by atoms with Crippen LogP contribution in [0.15, 0.2) is 18.5 Å². The molecule has 3 heteroatoms. The van der Waals surface area contributed by atoms with E-state index in [1.807, 2.05) is 25.1 Å². The Balaban J connectivity index is 3.02. The van der Waals surface area contributed by atoms with Gasteiger partial charge < -0.3 is 4.90 Å². The number of aromatic nitrogens is 1. The molecule has 0 aliphatic rings. The van der Waals surface area contributed by atoms with Crippen LogP contribution < -0.4 is 4.90 Å². The van der Waals surface area contributed by atoms with E-state index in [4.69, 9.17) is 11.6 Å². The van der Waals surface area contributed by atoms with Crippen LogP contribution in [0.2, 0.25) is 0 Å². The lowest BCUT2D eigenvalue weighted by Gasteiger charge is -2.14. The second kappa shape index (κ2) is 3.58. The lowest BCUT2D eigenvalue weighted by Crippen LogP contribution is -2.10. The minimum Gasteiger partial charge on any atom is -0.377 e. The van der Waals surface area contributed by atoms with Crippen LogP contribution in [0, 0.1) is 0 Å². The van der Waals surface area contributed by atoms with Crippen LogP contribution in [0.25, 0.3) is 0 Å². The van der Waals surface area contributed by atoms with E-state index in [2.05, 4.69) is 4.98 Å². The van der Waals surface area contributed by atoms with Crippen molar-refractivity contribution in [2.75, 3.05) is 19.0 Å². The maximum Gasteiger partial charge on any atom is 0.0509 e. The zero-order valence-corrected chi connectivity index (χ0v) is 7.47. The van der Waals surface area contributed by atoms with Gasteiger partial charge in [-0.2, -0.15) is 0 Å². The van der Waals surface area contributed by atoms with E-state index >= 15 is 0 Å². The normalized spacial score (nSPS) is 9.73. The Morgan fingerprint density at radius 2 is 2.27 bits per heavy atom. The summed E-state index contributed by atoms with van der Waals surface area (Å²) in [5.74, 6) is 0.515. The van der Waals surface area contributed by atoms with Gasteiger partial charge in [0, 0.05) is 37.7 Å². The summed E-state index contributed by atoms with van der Waals surface area (Å²) in [5.41, 5.74) is 2.20. The molecule has 0 aliphatic heterocycles. The number of nitrogens with zero attached hydrogens (tertiary/aromatic N) is 2. The van der Waals surface area contributed by atoms with Gasteiger partial charge in [-0.25, -0.2) is 0 Å². The van der Waals surface area contributed by atoms with Crippen LogP contribution in [0.1, 0.15) is 5.56 Å². The smallest absolute Gasteiger partial charge is 0.0509 e. The van der Waals surface area contributed by atoms with E-state index in [9.17, 15) is 0 Å². The molecule has 0 saturated carbocycles. The lowest BCUT2D eigenvalue weighted by molar-refractivity contribution is 1.09. The first-order chi connectivity index (χ1) is 5.25. The van der Waals surface area contributed by atoms with E-state index in [-0.39, 0.29) is 0 Å². The SMILES string of the molecule is CN(C)c1ccncc1CCl. The number of pyridine rings is 1. The second-order valence-corrected chi connectivity index (χ2v) is 2.80. The average Bonchev–Trinajstić information content (AvgIpc) is 2.04. The maximum absolute atomic E-state index is 5.71. The summed E-state index contributed by atoms with van der Waals surface area (Å²) in [6.07, 6.45) is 3.56. The van der Waals surface area contributed by atoms with Crippen molar-refractivity contribution in [2.45, 2.75) is 5.88 Å². The maximum atomic E-state index is 5.71. The Bertz CT molecular complexity index is 235. The standard InChI is InChI=1S/C8H11ClN2/c1-11(2)8-3-4-10-6-7(8)5-9/h3-4,6H,5H2,1-2H3. The number of alkyl halides is 1. The summed E-state index contributed by atoms with van der Waals surface area (Å²) >= 11 is 5.71. The number of anilines is 1. The molecule has 1 heterocycles. The van der Waals surface area contributed by atoms with Gasteiger partial charge in [0.1, 0.15) is 0 Å². The third-order valence-corrected chi connectivity index (χ3v) is 1.79. The van der Waals surface area contributed by atoms with Gasteiger partial charge in [0.25, 0.3) is 0 Å². The fourth-order valence-electron chi connectivity index (χ4n) is 0.959. The highest BCUT2D eigenvalue weighted by molar-refractivity contribution is 6.17. The summed E-state index contributed by atoms with van der Waals surface area (Å²) in [7, 11) is 3.98. The third kappa shape index (κ3) is 1.84. The number of halogens is 1. The summed E-state index contributed by atoms with van der Waals surface area (Å²) in [6.45, 7) is 0. The van der Waals surface area contributed by atoms with Crippen molar-refractivity contribution < 1.29 is 0 Å². The van der Waals surface area contributed by atoms with Crippen LogP contribution in [-0.2, 0) is 5.88 Å². The van der Waals surface area contributed by atoms with Crippen molar-refractivity contribution in [3.8, 4) is 0 Å². The van der Waals surface area contributed by atoms with Gasteiger partial charge in [-0.3, -0.25) is 4.98 Å². The molecule has 0 saturated heterocycles. The van der Waals surface area contributed by atoms with Crippen LogP contribution in [0.3, 0.4) is 0 Å². The number of hydrogen-bond donors (Lipinski definition) is 0. The van der Waals surface area contributed by atoms with Gasteiger partial charge in [0.2, 0.25) is 0 Å². The first kappa shape index (κ1) is 8.34. The molecule has 0 radical (unpaired) electrons. The van der Waals surface area contributed by atoms with Crippen molar-refractivity contribution in [1.29, 1.82) is 0 Å². The predicted octanol–water partition coefficient (Wildman–Crippen LogP) is 1.89. The van der Waals surface area contributed by atoms with Crippen LogP contribution >= 0.6 is 11.6 Å². The van der Waals surface area contributed by atoms with Gasteiger partial charge in [-0.15, -0.1) is 11.6 Å². The Morgan fingerprint density at radius 1 is 1.55 bits per heavy atom. The molecule has 0 aromatic carbocycles. The first-order valence-electron chi connectivity index (χ1n) is 3.42. The zero-order valence-electron chi connectivity index (χ0n) is 6.71. The fraction of sp³-hybridized carbons (Fsp3) is 0.375. The second-order valence-electron chi connectivity index (χ2n) is 2.53. The number of rotatable bonds is 2. The molecule has 0 amide bonds. The summed E-state index contributed by atoms with van der Waals surface area (Å²) in [5, 5.41) is 0. The highest BCUT2D eigenvalue weighted by Crippen LogP contribution is 2.17. The largest absolute Gasteiger partial charge is 0.377 e. The topological polar surface area (TPSA) is 16.1 Å². The van der Waals surface area contributed by atoms with Crippen molar-refractivity contribution in [2.24, 2.45) is 0 Å². The van der Waals surface area contributed by atoms with E-state index in [1.54, 1.807) is 12.4 Å². The zero-order chi connectivity index (χ0) is 8.27. The predicted molar refractivity (Wildman–Crippen MR) is 48.1 cm³/mol. The van der Waals surface area contributed by atoms with Gasteiger partial charge >= 0.3 is 0 Å². The third-order valence-electron chi connectivity index (χ3n) is 1.50. The van der Waals surface area contributed by atoms with Crippen molar-refractivity contribution in [1.82, 2.24) is 4.98 Å². The Hall–Kier alpha value is -0.760. The van der Waals surface area contributed by atoms with Crippen LogP contribution in [-0.4, -0.2) is 19.1 Å². The highest BCUT2D eigenvalue weighted by Gasteiger charge is 2.00. The molecule has 60 valence electrons. The van der Waals surface area contributed by atoms with E-state index in [0.717, 1.165) is 11.3 Å². The van der Waals surface area contributed by atoms with Gasteiger partial charge in [0.05, 0.1) is 5.88 Å². The molecule has 11 heavy (non-hydrogen) atoms. The van der Waals surface area contributed by atoms with Crippen molar-refractivity contribution >= 4 is 17.3 Å². The van der Waals surface area contributed by atoms with Gasteiger partial charge in [0.15, 0.2) is 0 Å². The fourth-order valence-corrected chi connectivity index (χ4v) is 1.16. The molecule has 0 bridgehead atoms. The summed E-state index contributed by atoms with van der Waals surface area (Å²) < 4.78 is 0. The monoisotopic (exact) mass is 170 g/mol. The van der Waals surface area contributed by atoms with Crippen LogP contribution in [0.4, 0.5) is 5.69 Å². The molecule has 0 aliphatic carbocycles. The molecule has 1 aromatic heterocycles. The molecular weight excluding hydrogens is 160 g/mol. The Kier molecular flexibility index (Phi) is 2.71. The molecular formula is C8H11ClN2. The van der Waals surface area contributed by atoms with Gasteiger partial charge in [-0.05, 0) is 6.07 Å². The minimum atomic E-state index is 0.515. The van der Waals surface area contributed by atoms with Crippen molar-refractivity contribution in [3.63, 3.8) is 0 Å². The first-order valence-corrected chi connectivity index (χ1v) is 3.95. The minimum absolute atomic E-state index is 0.515. The van der Waals surface area contributed by atoms with Gasteiger partial charge in [-0.1, -0.05) is 0 Å². The van der Waals surface area contributed by atoms with E-state index in [1.165, 1.54) is 0 Å². The average molecular weight is 171 g/mol.